The molecule has 0 amide bonds. The normalized spacial score (nSPS) is 23.4. The van der Waals surface area contributed by atoms with Gasteiger partial charge in [-0.25, -0.2) is 5.90 Å². The summed E-state index contributed by atoms with van der Waals surface area (Å²) in [5, 5.41) is 8.78. The minimum Gasteiger partial charge on any atom is -0.372 e. The summed E-state index contributed by atoms with van der Waals surface area (Å²) in [4.78, 5) is 7.19. The van der Waals surface area contributed by atoms with Crippen molar-refractivity contribution in [2.24, 2.45) is 5.90 Å². The minimum atomic E-state index is 0.218. The maximum Gasteiger partial charge on any atom is 0.0991 e. The molecule has 1 aromatic carbocycles. The Morgan fingerprint density at radius 1 is 1.22 bits per heavy atom. The summed E-state index contributed by atoms with van der Waals surface area (Å²) >= 11 is 0. The van der Waals surface area contributed by atoms with Crippen molar-refractivity contribution in [2.45, 2.75) is 37.8 Å². The predicted octanol–water partition coefficient (Wildman–Crippen LogP) is 2.20. The number of rotatable bonds is 3. The fraction of sp³-hybridized carbons (Fsp3) is 0.500. The number of hydrogen-bond acceptors (Lipinski definition) is 4. The van der Waals surface area contributed by atoms with E-state index in [1.54, 1.807) is 0 Å². The lowest BCUT2D eigenvalue weighted by Gasteiger charge is -2.35. The van der Waals surface area contributed by atoms with E-state index in [4.69, 9.17) is 16.0 Å². The fourth-order valence-corrected chi connectivity index (χ4v) is 2.55. The monoisotopic (exact) mass is 245 g/mol. The molecule has 0 aliphatic heterocycles. The fourth-order valence-electron chi connectivity index (χ4n) is 2.55. The van der Waals surface area contributed by atoms with Crippen molar-refractivity contribution < 1.29 is 4.84 Å². The zero-order valence-corrected chi connectivity index (χ0v) is 10.7. The van der Waals surface area contributed by atoms with Gasteiger partial charge in [-0.15, -0.1) is 0 Å². The third kappa shape index (κ3) is 2.81. The largest absolute Gasteiger partial charge is 0.372 e. The van der Waals surface area contributed by atoms with Crippen molar-refractivity contribution in [3.8, 4) is 6.07 Å². The van der Waals surface area contributed by atoms with Gasteiger partial charge in [0, 0.05) is 18.8 Å². The Labute approximate surface area is 108 Å². The summed E-state index contributed by atoms with van der Waals surface area (Å²) in [5.41, 5.74) is 1.86. The van der Waals surface area contributed by atoms with Gasteiger partial charge in [0.2, 0.25) is 0 Å². The molecule has 1 fully saturated rings. The summed E-state index contributed by atoms with van der Waals surface area (Å²) in [5.74, 6) is 5.22. The Kier molecular flexibility index (Phi) is 4.19. The lowest BCUT2D eigenvalue weighted by Crippen LogP contribution is -2.37. The lowest BCUT2D eigenvalue weighted by molar-refractivity contribution is 0.0243. The molecule has 0 heterocycles. The molecule has 0 spiro atoms. The third-order valence-electron chi connectivity index (χ3n) is 3.79. The summed E-state index contributed by atoms with van der Waals surface area (Å²) in [6, 6.07) is 10.4. The second-order valence-corrected chi connectivity index (χ2v) is 4.84. The molecule has 18 heavy (non-hydrogen) atoms. The first kappa shape index (κ1) is 12.9. The first-order valence-electron chi connectivity index (χ1n) is 6.33. The number of benzene rings is 1. The van der Waals surface area contributed by atoms with Crippen molar-refractivity contribution in [1.29, 1.82) is 5.26 Å². The molecule has 0 atom stereocenters. The molecule has 2 rings (SSSR count). The van der Waals surface area contributed by atoms with Gasteiger partial charge in [-0.1, -0.05) is 0 Å². The molecule has 1 aromatic rings. The Hall–Kier alpha value is -1.57. The van der Waals surface area contributed by atoms with Crippen molar-refractivity contribution in [3.63, 3.8) is 0 Å². The first-order valence-corrected chi connectivity index (χ1v) is 6.33. The molecule has 0 saturated heterocycles. The Balaban J connectivity index is 1.98. The summed E-state index contributed by atoms with van der Waals surface area (Å²) in [6.45, 7) is 0. The Bertz CT molecular complexity index is 416. The zero-order valence-electron chi connectivity index (χ0n) is 10.7. The second-order valence-electron chi connectivity index (χ2n) is 4.84. The van der Waals surface area contributed by atoms with Crippen LogP contribution in [0.25, 0.3) is 0 Å². The second kappa shape index (κ2) is 5.85. The lowest BCUT2D eigenvalue weighted by atomic mass is 9.92. The van der Waals surface area contributed by atoms with Gasteiger partial charge in [0.05, 0.1) is 17.7 Å². The van der Waals surface area contributed by atoms with Crippen molar-refractivity contribution >= 4 is 5.69 Å². The van der Waals surface area contributed by atoms with Crippen molar-refractivity contribution in [2.75, 3.05) is 11.9 Å². The quantitative estimate of drug-likeness (QED) is 0.829. The Morgan fingerprint density at radius 2 is 1.83 bits per heavy atom. The van der Waals surface area contributed by atoms with E-state index in [1.165, 1.54) is 0 Å². The van der Waals surface area contributed by atoms with E-state index >= 15 is 0 Å². The van der Waals surface area contributed by atoms with Crippen LogP contribution in [-0.2, 0) is 4.84 Å². The van der Waals surface area contributed by atoms with Crippen LogP contribution < -0.4 is 10.8 Å². The van der Waals surface area contributed by atoms with Crippen LogP contribution in [0.4, 0.5) is 5.69 Å². The van der Waals surface area contributed by atoms with Gasteiger partial charge in [0.25, 0.3) is 0 Å². The highest BCUT2D eigenvalue weighted by atomic mass is 16.6. The van der Waals surface area contributed by atoms with Crippen molar-refractivity contribution in [1.82, 2.24) is 0 Å². The molecule has 1 saturated carbocycles. The molecular formula is C14H19N3O. The molecule has 0 bridgehead atoms. The van der Waals surface area contributed by atoms with Crippen LogP contribution in [0.2, 0.25) is 0 Å². The maximum absolute atomic E-state index is 8.78. The number of nitrogens with two attached hydrogens (primary N) is 1. The number of anilines is 1. The van der Waals surface area contributed by atoms with Crippen LogP contribution in [0.15, 0.2) is 24.3 Å². The van der Waals surface area contributed by atoms with Gasteiger partial charge in [0.1, 0.15) is 0 Å². The summed E-state index contributed by atoms with van der Waals surface area (Å²) < 4.78 is 0. The van der Waals surface area contributed by atoms with Gasteiger partial charge in [-0.05, 0) is 49.9 Å². The van der Waals surface area contributed by atoms with Gasteiger partial charge >= 0.3 is 0 Å². The van der Waals surface area contributed by atoms with Crippen LogP contribution in [0.3, 0.4) is 0 Å². The summed E-state index contributed by atoms with van der Waals surface area (Å²) in [7, 11) is 2.11. The van der Waals surface area contributed by atoms with E-state index in [-0.39, 0.29) is 6.10 Å². The van der Waals surface area contributed by atoms with E-state index in [0.29, 0.717) is 11.6 Å². The van der Waals surface area contributed by atoms with E-state index in [0.717, 1.165) is 31.4 Å². The molecule has 4 heteroatoms. The molecule has 2 N–H and O–H groups in total. The summed E-state index contributed by atoms with van der Waals surface area (Å²) in [6.07, 6.45) is 4.44. The minimum absolute atomic E-state index is 0.218. The van der Waals surface area contributed by atoms with Gasteiger partial charge in [-0.2, -0.15) is 5.26 Å². The molecule has 4 nitrogen and oxygen atoms in total. The molecule has 96 valence electrons. The molecule has 1 aliphatic carbocycles. The molecule has 0 radical (unpaired) electrons. The van der Waals surface area contributed by atoms with Crippen LogP contribution in [0.5, 0.6) is 0 Å². The van der Waals surface area contributed by atoms with Gasteiger partial charge < -0.3 is 9.74 Å². The van der Waals surface area contributed by atoms with E-state index < -0.39 is 0 Å². The molecule has 0 aromatic heterocycles. The van der Waals surface area contributed by atoms with Crippen LogP contribution in [0.1, 0.15) is 31.2 Å². The highest BCUT2D eigenvalue weighted by molar-refractivity contribution is 5.49. The van der Waals surface area contributed by atoms with Crippen LogP contribution in [-0.4, -0.2) is 19.2 Å². The number of hydrogen-bond donors (Lipinski definition) is 1. The van der Waals surface area contributed by atoms with Crippen LogP contribution >= 0.6 is 0 Å². The first-order chi connectivity index (χ1) is 8.74. The number of nitrogens with zero attached hydrogens (tertiary/aromatic N) is 2. The molecular weight excluding hydrogens is 226 g/mol. The average Bonchev–Trinajstić information content (AvgIpc) is 2.47. The Morgan fingerprint density at radius 3 is 2.33 bits per heavy atom. The maximum atomic E-state index is 8.78. The molecule has 0 unspecified atom stereocenters. The van der Waals surface area contributed by atoms with E-state index in [1.807, 2.05) is 24.3 Å². The van der Waals surface area contributed by atoms with E-state index in [2.05, 4.69) is 18.0 Å². The molecule has 1 aliphatic rings. The van der Waals surface area contributed by atoms with Crippen molar-refractivity contribution in [3.05, 3.63) is 29.8 Å². The predicted molar refractivity (Wildman–Crippen MR) is 70.9 cm³/mol. The SMILES string of the molecule is CN(c1ccc(C#N)cc1)C1CCC(ON)CC1. The average molecular weight is 245 g/mol. The highest BCUT2D eigenvalue weighted by Gasteiger charge is 2.24. The third-order valence-corrected chi connectivity index (χ3v) is 3.79. The van der Waals surface area contributed by atoms with Gasteiger partial charge in [-0.3, -0.25) is 0 Å². The van der Waals surface area contributed by atoms with E-state index in [9.17, 15) is 0 Å². The number of nitriles is 1. The van der Waals surface area contributed by atoms with Crippen LogP contribution in [0, 0.1) is 11.3 Å². The standard InChI is InChI=1S/C14H19N3O/c1-17(12-4-2-11(10-15)3-5-12)13-6-8-14(18-16)9-7-13/h2-5,13-14H,6-9,16H2,1H3. The smallest absolute Gasteiger partial charge is 0.0991 e. The topological polar surface area (TPSA) is 62.3 Å². The highest BCUT2D eigenvalue weighted by Crippen LogP contribution is 2.27. The zero-order chi connectivity index (χ0) is 13.0. The van der Waals surface area contributed by atoms with Gasteiger partial charge in [0.15, 0.2) is 0 Å².